The average Bonchev–Trinajstić information content (AvgIpc) is 2.68. The molecule has 0 saturated carbocycles. The van der Waals surface area contributed by atoms with Crippen LogP contribution in [0.5, 0.6) is 5.75 Å². The third-order valence-corrected chi connectivity index (χ3v) is 4.83. The Labute approximate surface area is 155 Å². The van der Waals surface area contributed by atoms with E-state index < -0.39 is 11.7 Å². The number of alkyl halides is 3. The lowest BCUT2D eigenvalue weighted by Crippen LogP contribution is -2.38. The molecule has 0 atom stereocenters. The Morgan fingerprint density at radius 1 is 1.07 bits per heavy atom. The van der Waals surface area contributed by atoms with Crippen LogP contribution in [0, 0.1) is 6.07 Å². The Bertz CT molecular complexity index is 929. The SMILES string of the molecule is FC(F)(F)c1ccccc1OC1CCN(c2ccnc3cc[c]cc23)CC1. The number of halogens is 3. The molecule has 0 bridgehead atoms. The van der Waals surface area contributed by atoms with E-state index in [1.807, 2.05) is 24.3 Å². The van der Waals surface area contributed by atoms with Crippen molar-refractivity contribution in [3.63, 3.8) is 0 Å². The first-order valence-corrected chi connectivity index (χ1v) is 8.85. The van der Waals surface area contributed by atoms with E-state index in [9.17, 15) is 13.2 Å². The smallest absolute Gasteiger partial charge is 0.419 e. The monoisotopic (exact) mass is 371 g/mol. The summed E-state index contributed by atoms with van der Waals surface area (Å²) in [7, 11) is 0. The summed E-state index contributed by atoms with van der Waals surface area (Å²) < 4.78 is 45.1. The first-order chi connectivity index (χ1) is 13.0. The molecular formula is C21H18F3N2O. The van der Waals surface area contributed by atoms with E-state index >= 15 is 0 Å². The van der Waals surface area contributed by atoms with Crippen molar-refractivity contribution in [2.45, 2.75) is 25.1 Å². The zero-order chi connectivity index (χ0) is 18.9. The van der Waals surface area contributed by atoms with Gasteiger partial charge in [-0.25, -0.2) is 0 Å². The molecule has 1 aliphatic rings. The minimum Gasteiger partial charge on any atom is -0.490 e. The maximum absolute atomic E-state index is 13.1. The second-order valence-corrected chi connectivity index (χ2v) is 6.57. The highest BCUT2D eigenvalue weighted by molar-refractivity contribution is 5.91. The average molecular weight is 371 g/mol. The number of piperidine rings is 1. The summed E-state index contributed by atoms with van der Waals surface area (Å²) in [6, 6.07) is 16.1. The van der Waals surface area contributed by atoms with Crippen molar-refractivity contribution in [3.05, 3.63) is 66.4 Å². The molecule has 2 heterocycles. The number of pyridine rings is 1. The first-order valence-electron chi connectivity index (χ1n) is 8.85. The standard InChI is InChI=1S/C21H18F3N2O/c22-21(23,24)17-6-2-4-8-20(17)27-15-10-13-26(14-11-15)19-9-12-25-18-7-3-1-5-16(18)19/h2-9,12,15H,10-11,13-14H2. The van der Waals surface area contributed by atoms with Crippen molar-refractivity contribution >= 4 is 16.6 Å². The lowest BCUT2D eigenvalue weighted by atomic mass is 10.0. The Morgan fingerprint density at radius 3 is 2.63 bits per heavy atom. The van der Waals surface area contributed by atoms with Gasteiger partial charge in [0, 0.05) is 43.2 Å². The van der Waals surface area contributed by atoms with E-state index in [4.69, 9.17) is 4.74 Å². The quantitative estimate of drug-likeness (QED) is 0.640. The molecule has 139 valence electrons. The Balaban J connectivity index is 1.47. The lowest BCUT2D eigenvalue weighted by molar-refractivity contribution is -0.139. The van der Waals surface area contributed by atoms with E-state index in [-0.39, 0.29) is 11.9 Å². The minimum atomic E-state index is -4.41. The fourth-order valence-corrected chi connectivity index (χ4v) is 3.49. The van der Waals surface area contributed by atoms with Gasteiger partial charge in [-0.15, -0.1) is 0 Å². The zero-order valence-electron chi connectivity index (χ0n) is 14.5. The van der Waals surface area contributed by atoms with E-state index in [1.54, 1.807) is 12.3 Å². The number of nitrogens with zero attached hydrogens (tertiary/aromatic N) is 2. The number of fused-ring (bicyclic) bond motifs is 1. The fourth-order valence-electron chi connectivity index (χ4n) is 3.49. The summed E-state index contributed by atoms with van der Waals surface area (Å²) >= 11 is 0. The topological polar surface area (TPSA) is 25.4 Å². The fraction of sp³-hybridized carbons (Fsp3) is 0.286. The summed E-state index contributed by atoms with van der Waals surface area (Å²) in [5.41, 5.74) is 1.26. The molecule has 0 aliphatic carbocycles. The predicted molar refractivity (Wildman–Crippen MR) is 97.9 cm³/mol. The Morgan fingerprint density at radius 2 is 1.85 bits per heavy atom. The number of anilines is 1. The van der Waals surface area contributed by atoms with Crippen molar-refractivity contribution in [3.8, 4) is 5.75 Å². The van der Waals surface area contributed by atoms with Crippen molar-refractivity contribution in [1.82, 2.24) is 4.98 Å². The maximum atomic E-state index is 13.1. The normalized spacial score (nSPS) is 15.9. The van der Waals surface area contributed by atoms with Crippen LogP contribution in [0.15, 0.2) is 54.7 Å². The van der Waals surface area contributed by atoms with Gasteiger partial charge in [0.05, 0.1) is 11.1 Å². The Kier molecular flexibility index (Phi) is 4.64. The molecule has 0 spiro atoms. The van der Waals surface area contributed by atoms with Gasteiger partial charge >= 0.3 is 6.18 Å². The van der Waals surface area contributed by atoms with Crippen LogP contribution in [0.3, 0.4) is 0 Å². The molecule has 0 amide bonds. The summed E-state index contributed by atoms with van der Waals surface area (Å²) in [5.74, 6) is -0.0904. The number of hydrogen-bond donors (Lipinski definition) is 0. The van der Waals surface area contributed by atoms with Crippen LogP contribution in [0.1, 0.15) is 18.4 Å². The molecule has 1 radical (unpaired) electrons. The van der Waals surface area contributed by atoms with E-state index in [1.165, 1.54) is 12.1 Å². The molecule has 3 aromatic rings. The van der Waals surface area contributed by atoms with Crippen LogP contribution in [-0.2, 0) is 6.18 Å². The van der Waals surface area contributed by atoms with Crippen LogP contribution < -0.4 is 9.64 Å². The van der Waals surface area contributed by atoms with Crippen molar-refractivity contribution in [2.24, 2.45) is 0 Å². The minimum absolute atomic E-state index is 0.0904. The van der Waals surface area contributed by atoms with Gasteiger partial charge in [-0.1, -0.05) is 18.2 Å². The van der Waals surface area contributed by atoms with E-state index in [2.05, 4.69) is 16.0 Å². The number of para-hydroxylation sites is 1. The lowest BCUT2D eigenvalue weighted by Gasteiger charge is -2.34. The van der Waals surface area contributed by atoms with Crippen LogP contribution in [0.2, 0.25) is 0 Å². The number of hydrogen-bond acceptors (Lipinski definition) is 3. The summed E-state index contributed by atoms with van der Waals surface area (Å²) in [5, 5.41) is 1.03. The molecule has 4 rings (SSSR count). The van der Waals surface area contributed by atoms with Gasteiger partial charge in [-0.2, -0.15) is 13.2 Å². The van der Waals surface area contributed by atoms with Crippen molar-refractivity contribution in [1.29, 1.82) is 0 Å². The molecule has 1 fully saturated rings. The molecule has 0 unspecified atom stereocenters. The summed E-state index contributed by atoms with van der Waals surface area (Å²) in [6.45, 7) is 1.43. The Hall–Kier alpha value is -2.76. The summed E-state index contributed by atoms with van der Waals surface area (Å²) in [6.07, 6.45) is -1.55. The molecule has 2 aromatic carbocycles. The third-order valence-electron chi connectivity index (χ3n) is 4.83. The molecule has 1 aromatic heterocycles. The molecule has 27 heavy (non-hydrogen) atoms. The number of ether oxygens (including phenoxy) is 1. The summed E-state index contributed by atoms with van der Waals surface area (Å²) in [4.78, 5) is 6.59. The van der Waals surface area contributed by atoms with Crippen LogP contribution in [-0.4, -0.2) is 24.2 Å². The van der Waals surface area contributed by atoms with Crippen molar-refractivity contribution < 1.29 is 17.9 Å². The van der Waals surface area contributed by atoms with Gasteiger partial charge < -0.3 is 9.64 Å². The maximum Gasteiger partial charge on any atom is 0.419 e. The molecule has 3 nitrogen and oxygen atoms in total. The second-order valence-electron chi connectivity index (χ2n) is 6.57. The zero-order valence-corrected chi connectivity index (χ0v) is 14.5. The molecular weight excluding hydrogens is 353 g/mol. The molecule has 0 N–H and O–H groups in total. The van der Waals surface area contributed by atoms with Gasteiger partial charge in [0.2, 0.25) is 0 Å². The number of aromatic nitrogens is 1. The molecule has 1 saturated heterocycles. The second kappa shape index (κ2) is 7.10. The van der Waals surface area contributed by atoms with Gasteiger partial charge in [0.15, 0.2) is 0 Å². The largest absolute Gasteiger partial charge is 0.490 e. The van der Waals surface area contributed by atoms with Crippen LogP contribution in [0.4, 0.5) is 18.9 Å². The van der Waals surface area contributed by atoms with Crippen molar-refractivity contribution in [2.75, 3.05) is 18.0 Å². The van der Waals surface area contributed by atoms with Gasteiger partial charge in [-0.05, 0) is 36.4 Å². The van der Waals surface area contributed by atoms with Crippen LogP contribution in [0.25, 0.3) is 10.9 Å². The third kappa shape index (κ3) is 3.70. The molecule has 6 heteroatoms. The highest BCUT2D eigenvalue weighted by Crippen LogP contribution is 2.37. The predicted octanol–water partition coefficient (Wildman–Crippen LogP) is 5.10. The van der Waals surface area contributed by atoms with E-state index in [0.29, 0.717) is 25.9 Å². The van der Waals surface area contributed by atoms with Gasteiger partial charge in [0.1, 0.15) is 11.9 Å². The van der Waals surface area contributed by atoms with Gasteiger partial charge in [0.25, 0.3) is 0 Å². The van der Waals surface area contributed by atoms with E-state index in [0.717, 1.165) is 22.7 Å². The van der Waals surface area contributed by atoms with Gasteiger partial charge in [-0.3, -0.25) is 4.98 Å². The number of rotatable bonds is 3. The highest BCUT2D eigenvalue weighted by atomic mass is 19.4. The highest BCUT2D eigenvalue weighted by Gasteiger charge is 2.35. The van der Waals surface area contributed by atoms with Crippen LogP contribution >= 0.6 is 0 Å². The molecule has 1 aliphatic heterocycles. The number of benzene rings is 2. The first kappa shape index (κ1) is 17.6.